The highest BCUT2D eigenvalue weighted by molar-refractivity contribution is 8.00. The van der Waals surface area contributed by atoms with Gasteiger partial charge in [-0.25, -0.2) is 8.42 Å². The first kappa shape index (κ1) is 16.6. The molecule has 1 heterocycles. The fourth-order valence-corrected chi connectivity index (χ4v) is 5.29. The van der Waals surface area contributed by atoms with Crippen LogP contribution in [0.15, 0.2) is 29.2 Å². The molecule has 1 aliphatic rings. The minimum absolute atomic E-state index is 0.0547. The Balaban J connectivity index is 1.91. The molecule has 0 unspecified atom stereocenters. The van der Waals surface area contributed by atoms with Crippen molar-refractivity contribution in [3.05, 3.63) is 24.3 Å². The lowest BCUT2D eigenvalue weighted by Gasteiger charge is -2.34. The fraction of sp³-hybridized carbons (Fsp3) is 0.571. The summed E-state index contributed by atoms with van der Waals surface area (Å²) < 4.78 is 31.9. The molecule has 0 aliphatic carbocycles. The molecule has 21 heavy (non-hydrogen) atoms. The van der Waals surface area contributed by atoms with E-state index in [1.54, 1.807) is 4.31 Å². The summed E-state index contributed by atoms with van der Waals surface area (Å²) in [6, 6.07) is 7.50. The van der Waals surface area contributed by atoms with Crippen LogP contribution in [0.5, 0.6) is 0 Å². The lowest BCUT2D eigenvalue weighted by molar-refractivity contribution is -0.0440. The highest BCUT2D eigenvalue weighted by Gasteiger charge is 2.30. The van der Waals surface area contributed by atoms with Gasteiger partial charge in [-0.1, -0.05) is 12.1 Å². The molecule has 0 spiro atoms. The summed E-state index contributed by atoms with van der Waals surface area (Å²) in [5.41, 5.74) is 6.54. The molecule has 0 aromatic heterocycles. The topological polar surface area (TPSA) is 72.6 Å². The fourth-order valence-electron chi connectivity index (χ4n) is 2.36. The van der Waals surface area contributed by atoms with Crippen LogP contribution in [-0.2, 0) is 14.8 Å². The molecule has 118 valence electrons. The summed E-state index contributed by atoms with van der Waals surface area (Å²) in [5, 5.41) is 0. The molecule has 2 rings (SSSR count). The Kier molecular flexibility index (Phi) is 5.54. The number of nitrogens with two attached hydrogens (primary N) is 1. The number of hydrogen-bond donors (Lipinski definition) is 1. The molecule has 5 nitrogen and oxygen atoms in total. The number of benzene rings is 1. The van der Waals surface area contributed by atoms with E-state index in [4.69, 9.17) is 10.5 Å². The number of morpholine rings is 1. The zero-order valence-electron chi connectivity index (χ0n) is 12.4. The Morgan fingerprint density at radius 3 is 2.52 bits per heavy atom. The molecule has 1 saturated heterocycles. The number of hydrogen-bond acceptors (Lipinski definition) is 5. The molecule has 1 aromatic rings. The maximum Gasteiger partial charge on any atom is 0.215 e. The van der Waals surface area contributed by atoms with E-state index in [9.17, 15) is 8.42 Å². The van der Waals surface area contributed by atoms with Crippen molar-refractivity contribution in [3.63, 3.8) is 0 Å². The highest BCUT2D eigenvalue weighted by Crippen LogP contribution is 2.25. The lowest BCUT2D eigenvalue weighted by Crippen LogP contribution is -2.49. The minimum Gasteiger partial charge on any atom is -0.398 e. The smallest absolute Gasteiger partial charge is 0.215 e. The van der Waals surface area contributed by atoms with Crippen LogP contribution in [0.2, 0.25) is 0 Å². The first-order valence-electron chi connectivity index (χ1n) is 6.99. The van der Waals surface area contributed by atoms with Crippen LogP contribution in [0.25, 0.3) is 0 Å². The highest BCUT2D eigenvalue weighted by atomic mass is 32.2. The number of nitrogens with zero attached hydrogens (tertiary/aromatic N) is 1. The maximum absolute atomic E-state index is 12.4. The monoisotopic (exact) mass is 330 g/mol. The third kappa shape index (κ3) is 4.60. The minimum atomic E-state index is -3.24. The zero-order chi connectivity index (χ0) is 15.5. The van der Waals surface area contributed by atoms with Crippen molar-refractivity contribution in [2.24, 2.45) is 0 Å². The van der Waals surface area contributed by atoms with Gasteiger partial charge in [0.1, 0.15) is 0 Å². The van der Waals surface area contributed by atoms with Crippen molar-refractivity contribution in [3.8, 4) is 0 Å². The summed E-state index contributed by atoms with van der Waals surface area (Å²) >= 11 is 1.48. The van der Waals surface area contributed by atoms with Crippen molar-refractivity contribution < 1.29 is 13.2 Å². The van der Waals surface area contributed by atoms with Crippen LogP contribution in [-0.4, -0.2) is 49.5 Å². The molecule has 0 radical (unpaired) electrons. The summed E-state index contributed by atoms with van der Waals surface area (Å²) in [6.07, 6.45) is -0.109. The molecule has 0 bridgehead atoms. The second kappa shape index (κ2) is 7.00. The molecule has 1 fully saturated rings. The van der Waals surface area contributed by atoms with Crippen LogP contribution in [0.1, 0.15) is 13.8 Å². The normalized spacial score (nSPS) is 24.1. The van der Waals surface area contributed by atoms with Gasteiger partial charge >= 0.3 is 0 Å². The van der Waals surface area contributed by atoms with Crippen LogP contribution >= 0.6 is 11.8 Å². The summed E-state index contributed by atoms with van der Waals surface area (Å²) in [7, 11) is -3.24. The van der Waals surface area contributed by atoms with Gasteiger partial charge < -0.3 is 10.5 Å². The molecule has 1 aliphatic heterocycles. The van der Waals surface area contributed by atoms with Crippen molar-refractivity contribution in [1.29, 1.82) is 0 Å². The molecule has 7 heteroatoms. The van der Waals surface area contributed by atoms with Crippen LogP contribution in [0.3, 0.4) is 0 Å². The Labute approximate surface area is 130 Å². The molecule has 2 N–H and O–H groups in total. The number of thioether (sulfide) groups is 1. The Morgan fingerprint density at radius 1 is 1.29 bits per heavy atom. The largest absolute Gasteiger partial charge is 0.398 e. The predicted molar refractivity (Wildman–Crippen MR) is 86.9 cm³/mol. The third-order valence-corrected chi connectivity index (χ3v) is 6.45. The van der Waals surface area contributed by atoms with E-state index in [1.165, 1.54) is 11.8 Å². The van der Waals surface area contributed by atoms with Crippen LogP contribution in [0, 0.1) is 0 Å². The van der Waals surface area contributed by atoms with Crippen molar-refractivity contribution >= 4 is 27.5 Å². The van der Waals surface area contributed by atoms with E-state index in [-0.39, 0.29) is 18.0 Å². The van der Waals surface area contributed by atoms with Gasteiger partial charge in [0.2, 0.25) is 10.0 Å². The van der Waals surface area contributed by atoms with Gasteiger partial charge in [0.05, 0.1) is 18.0 Å². The lowest BCUT2D eigenvalue weighted by atomic mass is 10.3. The van der Waals surface area contributed by atoms with Gasteiger partial charge in [-0.2, -0.15) is 4.31 Å². The van der Waals surface area contributed by atoms with Crippen LogP contribution in [0.4, 0.5) is 5.69 Å². The van der Waals surface area contributed by atoms with Gasteiger partial charge in [0, 0.05) is 29.4 Å². The Hall–Kier alpha value is -0.760. The van der Waals surface area contributed by atoms with Crippen molar-refractivity contribution in [1.82, 2.24) is 4.31 Å². The van der Waals surface area contributed by atoms with Gasteiger partial charge in [0.25, 0.3) is 0 Å². The number of nitrogen functional groups attached to an aromatic ring is 1. The zero-order valence-corrected chi connectivity index (χ0v) is 14.0. The third-order valence-electron chi connectivity index (χ3n) is 3.30. The molecular weight excluding hydrogens is 308 g/mol. The Bertz CT molecular complexity index is 567. The summed E-state index contributed by atoms with van der Waals surface area (Å²) in [5.74, 6) is 0.613. The number of rotatable bonds is 5. The summed E-state index contributed by atoms with van der Waals surface area (Å²) in [6.45, 7) is 4.67. The average Bonchev–Trinajstić information content (AvgIpc) is 2.40. The van der Waals surface area contributed by atoms with Gasteiger partial charge in [0.15, 0.2) is 0 Å². The standard InChI is InChI=1S/C14H22N2O3S2/c1-11-9-16(10-12(2)19-11)21(17,18)8-7-20-14-6-4-3-5-13(14)15/h3-6,11-12H,7-10,15H2,1-2H3/t11-,12+. The molecular formula is C14H22N2O3S2. The van der Waals surface area contributed by atoms with Crippen molar-refractivity contribution in [2.75, 3.05) is 30.3 Å². The molecule has 0 saturated carbocycles. The van der Waals surface area contributed by atoms with Gasteiger partial charge in [-0.3, -0.25) is 0 Å². The SMILES string of the molecule is C[C@@H]1CN(S(=O)(=O)CCSc2ccccc2N)C[C@H](C)O1. The van der Waals surface area contributed by atoms with Gasteiger partial charge in [-0.15, -0.1) is 11.8 Å². The van der Waals surface area contributed by atoms with Crippen LogP contribution < -0.4 is 5.73 Å². The number of anilines is 1. The summed E-state index contributed by atoms with van der Waals surface area (Å²) in [4.78, 5) is 0.927. The molecule has 0 amide bonds. The van der Waals surface area contributed by atoms with Crippen molar-refractivity contribution in [2.45, 2.75) is 31.0 Å². The molecule has 2 atom stereocenters. The second-order valence-electron chi connectivity index (χ2n) is 5.28. The van der Waals surface area contributed by atoms with E-state index in [0.717, 1.165) is 4.90 Å². The quantitative estimate of drug-likeness (QED) is 0.658. The first-order valence-corrected chi connectivity index (χ1v) is 9.58. The maximum atomic E-state index is 12.4. The van der Waals surface area contributed by atoms with E-state index >= 15 is 0 Å². The Morgan fingerprint density at radius 2 is 1.90 bits per heavy atom. The van der Waals surface area contributed by atoms with E-state index in [1.807, 2.05) is 38.1 Å². The van der Waals surface area contributed by atoms with E-state index in [2.05, 4.69) is 0 Å². The average molecular weight is 330 g/mol. The number of para-hydroxylation sites is 1. The number of sulfonamides is 1. The van der Waals surface area contributed by atoms with E-state index < -0.39 is 10.0 Å². The first-order chi connectivity index (χ1) is 9.88. The molecule has 1 aromatic carbocycles. The van der Waals surface area contributed by atoms with Gasteiger partial charge in [-0.05, 0) is 26.0 Å². The number of ether oxygens (including phenoxy) is 1. The predicted octanol–water partition coefficient (Wildman–Crippen LogP) is 1.80. The van der Waals surface area contributed by atoms with E-state index in [0.29, 0.717) is 24.5 Å². The second-order valence-corrected chi connectivity index (χ2v) is 8.50.